The molecule has 2 fully saturated rings. The highest BCUT2D eigenvalue weighted by molar-refractivity contribution is 7.99. The normalized spacial score (nSPS) is 34.0. The number of unbranched alkanes of at least 4 members (excludes halogenated alkanes) is 5. The Morgan fingerprint density at radius 1 is 0.738 bits per heavy atom. The molecule has 9 N–H and O–H groups in total. The van der Waals surface area contributed by atoms with E-state index in [-0.39, 0.29) is 25.5 Å². The second-order valence-electron chi connectivity index (χ2n) is 11.3. The Hall–Kier alpha value is -0.660. The predicted octanol–water partition coefficient (Wildman–Crippen LogP) is -2.02. The van der Waals surface area contributed by atoms with Gasteiger partial charge in [-0.15, -0.1) is 0 Å². The lowest BCUT2D eigenvalue weighted by atomic mass is 9.98. The number of amides is 1. The summed E-state index contributed by atoms with van der Waals surface area (Å²) in [6.07, 6.45) is -7.78. The van der Waals surface area contributed by atoms with Crippen LogP contribution in [0.15, 0.2) is 0 Å². The Kier molecular flexibility index (Phi) is 17.0. The topological polar surface area (TPSA) is 228 Å². The van der Waals surface area contributed by atoms with Gasteiger partial charge in [0.05, 0.1) is 32.0 Å². The van der Waals surface area contributed by atoms with Crippen molar-refractivity contribution in [2.45, 2.75) is 126 Å². The highest BCUT2D eigenvalue weighted by Crippen LogP contribution is 2.25. The number of carbonyl (C=O) groups excluding carboxylic acids is 1. The van der Waals surface area contributed by atoms with Crippen LogP contribution in [-0.2, 0) is 23.7 Å². The summed E-state index contributed by atoms with van der Waals surface area (Å²) in [6, 6.07) is 0. The Morgan fingerprint density at radius 2 is 1.21 bits per heavy atom. The van der Waals surface area contributed by atoms with E-state index in [2.05, 4.69) is 12.2 Å². The number of thioether (sulfide) groups is 1. The van der Waals surface area contributed by atoms with Gasteiger partial charge in [-0.2, -0.15) is 11.8 Å². The molecule has 0 saturated carbocycles. The fourth-order valence-electron chi connectivity index (χ4n) is 4.71. The zero-order valence-electron chi connectivity index (χ0n) is 24.5. The van der Waals surface area contributed by atoms with Crippen molar-refractivity contribution in [2.75, 3.05) is 37.9 Å². The molecule has 0 spiro atoms. The van der Waals surface area contributed by atoms with Crippen molar-refractivity contribution in [1.82, 2.24) is 5.32 Å². The van der Waals surface area contributed by atoms with Crippen LogP contribution in [0, 0.1) is 0 Å². The average molecular weight is 630 g/mol. The van der Waals surface area contributed by atoms with E-state index >= 15 is 0 Å². The van der Waals surface area contributed by atoms with Crippen molar-refractivity contribution < 1.29 is 64.6 Å². The molecule has 248 valence electrons. The van der Waals surface area contributed by atoms with Crippen LogP contribution in [0.4, 0.5) is 0 Å². The van der Waals surface area contributed by atoms with Gasteiger partial charge in [-0.1, -0.05) is 39.0 Å². The van der Waals surface area contributed by atoms with Crippen molar-refractivity contribution in [3.63, 3.8) is 0 Å². The molecule has 14 nitrogen and oxygen atoms in total. The van der Waals surface area contributed by atoms with Crippen LogP contribution < -0.4 is 5.32 Å². The first-order chi connectivity index (χ1) is 20.0. The molecule has 0 aromatic carbocycles. The van der Waals surface area contributed by atoms with Crippen LogP contribution in [0.3, 0.4) is 0 Å². The van der Waals surface area contributed by atoms with Crippen LogP contribution in [0.25, 0.3) is 0 Å². The first-order valence-corrected chi connectivity index (χ1v) is 15.9. The SMILES string of the molecule is CCCCCCCCSCCC(=O)NC(C)(CO[C@@H]1O[C@H](CO)[C@@H](O)[C@H](O)[C@H]1O)CO[C@@H]1O[C@H](CO)[C@@H](O)[C@H](O)[C@H]1O. The maximum Gasteiger partial charge on any atom is 0.221 e. The fraction of sp³-hybridized carbons (Fsp3) is 0.963. The molecule has 0 unspecified atom stereocenters. The lowest BCUT2D eigenvalue weighted by Crippen LogP contribution is -2.62. The van der Waals surface area contributed by atoms with Gasteiger partial charge in [0, 0.05) is 12.2 Å². The molecule has 2 rings (SSSR count). The molecular formula is C27H51NO13S. The standard InChI is InChI=1S/C27H51NO13S/c1-3-4-5-6-7-8-10-42-11-9-18(31)28-27(2,14-38-25-23(36)21(34)19(32)16(12-29)40-25)15-39-26-24(37)22(35)20(33)17(13-30)41-26/h16-17,19-26,29-30,32-37H,3-15H2,1-2H3,(H,28,31)/t16-,17-,19-,20-,21+,22+,23-,24-,25-,26-/m1/s1. The molecule has 0 aromatic rings. The Balaban J connectivity index is 1.98. The third-order valence-corrected chi connectivity index (χ3v) is 8.46. The molecule has 2 saturated heterocycles. The third kappa shape index (κ3) is 11.4. The first-order valence-electron chi connectivity index (χ1n) is 14.7. The largest absolute Gasteiger partial charge is 0.394 e. The van der Waals surface area contributed by atoms with Crippen LogP contribution in [0.5, 0.6) is 0 Å². The monoisotopic (exact) mass is 629 g/mol. The molecule has 0 radical (unpaired) electrons. The minimum Gasteiger partial charge on any atom is -0.394 e. The number of hydrogen-bond donors (Lipinski definition) is 9. The predicted molar refractivity (Wildman–Crippen MR) is 151 cm³/mol. The Morgan fingerprint density at radius 3 is 1.69 bits per heavy atom. The van der Waals surface area contributed by atoms with E-state index in [1.54, 1.807) is 18.7 Å². The molecule has 2 aliphatic rings. The van der Waals surface area contributed by atoms with Gasteiger partial charge >= 0.3 is 0 Å². The summed E-state index contributed by atoms with van der Waals surface area (Å²) in [6.45, 7) is 1.76. The molecule has 15 heteroatoms. The molecule has 42 heavy (non-hydrogen) atoms. The van der Waals surface area contributed by atoms with Gasteiger partial charge in [0.25, 0.3) is 0 Å². The maximum absolute atomic E-state index is 12.9. The van der Waals surface area contributed by atoms with E-state index in [0.29, 0.717) is 5.75 Å². The van der Waals surface area contributed by atoms with Crippen molar-refractivity contribution in [1.29, 1.82) is 0 Å². The lowest BCUT2D eigenvalue weighted by molar-refractivity contribution is -0.313. The van der Waals surface area contributed by atoms with Gasteiger partial charge in [0.1, 0.15) is 48.8 Å². The van der Waals surface area contributed by atoms with Crippen LogP contribution >= 0.6 is 11.8 Å². The molecular weight excluding hydrogens is 578 g/mol. The van der Waals surface area contributed by atoms with E-state index in [9.17, 15) is 45.6 Å². The summed E-state index contributed by atoms with van der Waals surface area (Å²) >= 11 is 1.67. The van der Waals surface area contributed by atoms with Crippen molar-refractivity contribution in [3.8, 4) is 0 Å². The van der Waals surface area contributed by atoms with Gasteiger partial charge in [-0.05, 0) is 19.1 Å². The smallest absolute Gasteiger partial charge is 0.221 e. The summed E-state index contributed by atoms with van der Waals surface area (Å²) in [4.78, 5) is 12.9. The molecule has 10 atom stereocenters. The molecule has 2 aliphatic heterocycles. The number of hydrogen-bond acceptors (Lipinski definition) is 14. The zero-order chi connectivity index (χ0) is 31.3. The van der Waals surface area contributed by atoms with Crippen LogP contribution in [0.2, 0.25) is 0 Å². The number of carbonyl (C=O) groups is 1. The lowest BCUT2D eigenvalue weighted by Gasteiger charge is -2.42. The third-order valence-electron chi connectivity index (χ3n) is 7.39. The van der Waals surface area contributed by atoms with E-state index in [4.69, 9.17) is 18.9 Å². The summed E-state index contributed by atoms with van der Waals surface area (Å²) in [7, 11) is 0. The fourth-order valence-corrected chi connectivity index (χ4v) is 5.65. The van der Waals surface area contributed by atoms with Gasteiger partial charge in [0.2, 0.25) is 5.91 Å². The minimum absolute atomic E-state index is 0.191. The number of nitrogens with one attached hydrogen (secondary N) is 1. The van der Waals surface area contributed by atoms with Crippen molar-refractivity contribution in [3.05, 3.63) is 0 Å². The number of aliphatic hydroxyl groups is 8. The molecule has 2 heterocycles. The van der Waals surface area contributed by atoms with E-state index in [1.165, 1.54) is 25.7 Å². The number of ether oxygens (including phenoxy) is 4. The highest BCUT2D eigenvalue weighted by atomic mass is 32.2. The Bertz CT molecular complexity index is 724. The minimum atomic E-state index is -1.66. The molecule has 0 aromatic heterocycles. The molecule has 0 aliphatic carbocycles. The Labute approximate surface area is 251 Å². The quantitative estimate of drug-likeness (QED) is 0.0703. The van der Waals surface area contributed by atoms with Crippen LogP contribution in [-0.4, -0.2) is 152 Å². The maximum atomic E-state index is 12.9. The van der Waals surface area contributed by atoms with E-state index in [1.807, 2.05) is 0 Å². The summed E-state index contributed by atoms with van der Waals surface area (Å²) in [5.74, 6) is 1.19. The van der Waals surface area contributed by atoms with Crippen molar-refractivity contribution >= 4 is 17.7 Å². The highest BCUT2D eigenvalue weighted by Gasteiger charge is 2.47. The molecule has 0 bridgehead atoms. The first kappa shape index (κ1) is 37.5. The molecule has 1 amide bonds. The summed E-state index contributed by atoms with van der Waals surface area (Å²) in [5.41, 5.74) is -1.32. The van der Waals surface area contributed by atoms with Gasteiger partial charge in [-0.25, -0.2) is 0 Å². The van der Waals surface area contributed by atoms with Crippen LogP contribution in [0.1, 0.15) is 58.8 Å². The van der Waals surface area contributed by atoms with Gasteiger partial charge in [-0.3, -0.25) is 4.79 Å². The van der Waals surface area contributed by atoms with E-state index in [0.717, 1.165) is 18.6 Å². The van der Waals surface area contributed by atoms with Crippen molar-refractivity contribution in [2.24, 2.45) is 0 Å². The second-order valence-corrected chi connectivity index (χ2v) is 12.5. The average Bonchev–Trinajstić information content (AvgIpc) is 2.97. The van der Waals surface area contributed by atoms with E-state index < -0.39 is 80.2 Å². The van der Waals surface area contributed by atoms with Gasteiger partial charge < -0.3 is 65.1 Å². The number of aliphatic hydroxyl groups excluding tert-OH is 8. The number of rotatable bonds is 19. The zero-order valence-corrected chi connectivity index (χ0v) is 25.3. The summed E-state index contributed by atoms with van der Waals surface area (Å²) < 4.78 is 22.1. The summed E-state index contributed by atoms with van der Waals surface area (Å²) in [5, 5.41) is 82.6. The van der Waals surface area contributed by atoms with Gasteiger partial charge in [0.15, 0.2) is 12.6 Å². The second kappa shape index (κ2) is 19.0.